The molecule has 0 saturated carbocycles. The second kappa shape index (κ2) is 11.3. The van der Waals surface area contributed by atoms with Crippen LogP contribution < -0.4 is 5.32 Å². The second-order valence-electron chi connectivity index (χ2n) is 7.84. The van der Waals surface area contributed by atoms with Crippen molar-refractivity contribution in [3.8, 4) is 0 Å². The number of hydrogen-bond acceptors (Lipinski definition) is 5. The second-order valence-corrected chi connectivity index (χ2v) is 9.82. The van der Waals surface area contributed by atoms with Gasteiger partial charge in [-0.05, 0) is 47.9 Å². The number of anilines is 1. The van der Waals surface area contributed by atoms with Gasteiger partial charge in [-0.15, -0.1) is 21.5 Å². The predicted molar refractivity (Wildman–Crippen MR) is 137 cm³/mol. The number of carbonyl (C=O) groups excluding carboxylic acids is 1. The third kappa shape index (κ3) is 6.12. The molecule has 0 fully saturated rings. The molecule has 0 aliphatic carbocycles. The van der Waals surface area contributed by atoms with E-state index in [0.717, 1.165) is 53.6 Å². The SMILES string of the molecule is CCc1cccc(C)c1NC(=O)CSc1nnc(Cc2cccs2)n1CCc1ccccc1. The highest BCUT2D eigenvalue weighted by Gasteiger charge is 2.16. The first-order valence-electron chi connectivity index (χ1n) is 11.1. The smallest absolute Gasteiger partial charge is 0.234 e. The zero-order valence-electron chi connectivity index (χ0n) is 19.0. The largest absolute Gasteiger partial charge is 0.325 e. The van der Waals surface area contributed by atoms with Crippen LogP contribution in [-0.2, 0) is 30.6 Å². The lowest BCUT2D eigenvalue weighted by Crippen LogP contribution is -2.17. The van der Waals surface area contributed by atoms with Gasteiger partial charge < -0.3 is 9.88 Å². The highest BCUT2D eigenvalue weighted by molar-refractivity contribution is 7.99. The van der Waals surface area contributed by atoms with Gasteiger partial charge in [-0.1, -0.05) is 73.3 Å². The van der Waals surface area contributed by atoms with E-state index in [1.165, 1.54) is 22.2 Å². The van der Waals surface area contributed by atoms with E-state index in [-0.39, 0.29) is 5.91 Å². The van der Waals surface area contributed by atoms with Crippen LogP contribution in [0.5, 0.6) is 0 Å². The van der Waals surface area contributed by atoms with Crippen molar-refractivity contribution in [2.75, 3.05) is 11.1 Å². The Morgan fingerprint density at radius 2 is 1.91 bits per heavy atom. The molecule has 5 nitrogen and oxygen atoms in total. The van der Waals surface area contributed by atoms with Crippen molar-refractivity contribution >= 4 is 34.7 Å². The summed E-state index contributed by atoms with van der Waals surface area (Å²) in [4.78, 5) is 14.0. The zero-order chi connectivity index (χ0) is 23.0. The third-order valence-electron chi connectivity index (χ3n) is 5.51. The van der Waals surface area contributed by atoms with E-state index >= 15 is 0 Å². The van der Waals surface area contributed by atoms with Gasteiger partial charge in [0.2, 0.25) is 5.91 Å². The molecule has 0 unspecified atom stereocenters. The summed E-state index contributed by atoms with van der Waals surface area (Å²) in [6.07, 6.45) is 2.51. The lowest BCUT2D eigenvalue weighted by atomic mass is 10.1. The molecule has 1 N–H and O–H groups in total. The Morgan fingerprint density at radius 1 is 1.06 bits per heavy atom. The summed E-state index contributed by atoms with van der Waals surface area (Å²) in [6, 6.07) is 20.7. The third-order valence-corrected chi connectivity index (χ3v) is 7.35. The minimum Gasteiger partial charge on any atom is -0.325 e. The molecule has 2 aromatic carbocycles. The monoisotopic (exact) mass is 476 g/mol. The van der Waals surface area contributed by atoms with E-state index in [9.17, 15) is 4.79 Å². The Hall–Kier alpha value is -2.90. The molecule has 0 spiro atoms. The fourth-order valence-corrected chi connectivity index (χ4v) is 5.23. The molecule has 0 bridgehead atoms. The van der Waals surface area contributed by atoms with E-state index in [4.69, 9.17) is 0 Å². The number of aromatic nitrogens is 3. The predicted octanol–water partition coefficient (Wildman–Crippen LogP) is 5.77. The van der Waals surface area contributed by atoms with Crippen molar-refractivity contribution in [1.82, 2.24) is 14.8 Å². The number of para-hydroxylation sites is 1. The normalized spacial score (nSPS) is 11.0. The maximum absolute atomic E-state index is 12.8. The van der Waals surface area contributed by atoms with Crippen LogP contribution in [0.15, 0.2) is 71.2 Å². The Labute approximate surface area is 203 Å². The summed E-state index contributed by atoms with van der Waals surface area (Å²) in [6.45, 7) is 4.90. The van der Waals surface area contributed by atoms with Crippen molar-refractivity contribution in [1.29, 1.82) is 0 Å². The first-order chi connectivity index (χ1) is 16.1. The van der Waals surface area contributed by atoms with E-state index in [0.29, 0.717) is 5.75 Å². The summed E-state index contributed by atoms with van der Waals surface area (Å²) in [5.74, 6) is 1.20. The van der Waals surface area contributed by atoms with Gasteiger partial charge in [-0.3, -0.25) is 4.79 Å². The van der Waals surface area contributed by atoms with Gasteiger partial charge >= 0.3 is 0 Å². The number of aryl methyl sites for hydroxylation is 3. The number of nitrogens with zero attached hydrogens (tertiary/aromatic N) is 3. The molecule has 4 aromatic rings. The zero-order valence-corrected chi connectivity index (χ0v) is 20.6. The number of hydrogen-bond donors (Lipinski definition) is 1. The van der Waals surface area contributed by atoms with Gasteiger partial charge in [0.1, 0.15) is 5.82 Å². The Morgan fingerprint density at radius 3 is 2.67 bits per heavy atom. The molecule has 0 aliphatic rings. The average Bonchev–Trinajstić information content (AvgIpc) is 3.48. The number of thiophene rings is 1. The van der Waals surface area contributed by atoms with Crippen molar-refractivity contribution in [3.05, 3.63) is 93.4 Å². The fraction of sp³-hybridized carbons (Fsp3) is 0.269. The topological polar surface area (TPSA) is 59.8 Å². The molecule has 0 atom stereocenters. The maximum Gasteiger partial charge on any atom is 0.234 e. The standard InChI is InChI=1S/C26H28N4OS2/c1-3-21-12-7-9-19(2)25(21)27-24(31)18-33-26-29-28-23(17-22-13-8-16-32-22)30(26)15-14-20-10-5-4-6-11-20/h4-13,16H,3,14-15,17-18H2,1-2H3,(H,27,31). The lowest BCUT2D eigenvalue weighted by molar-refractivity contribution is -0.113. The van der Waals surface area contributed by atoms with Crippen LogP contribution in [-0.4, -0.2) is 26.4 Å². The summed E-state index contributed by atoms with van der Waals surface area (Å²) < 4.78 is 2.16. The first kappa shape index (κ1) is 23.3. The Kier molecular flexibility index (Phi) is 7.96. The fourth-order valence-electron chi connectivity index (χ4n) is 3.74. The van der Waals surface area contributed by atoms with E-state index in [1.54, 1.807) is 11.3 Å². The number of benzene rings is 2. The van der Waals surface area contributed by atoms with Crippen LogP contribution in [0.4, 0.5) is 5.69 Å². The molecule has 1 amide bonds. The molecule has 2 heterocycles. The quantitative estimate of drug-likeness (QED) is 0.295. The molecular weight excluding hydrogens is 448 g/mol. The number of carbonyl (C=O) groups is 1. The van der Waals surface area contributed by atoms with E-state index in [2.05, 4.69) is 74.8 Å². The summed E-state index contributed by atoms with van der Waals surface area (Å²) in [5.41, 5.74) is 4.43. The average molecular weight is 477 g/mol. The highest BCUT2D eigenvalue weighted by Crippen LogP contribution is 2.24. The molecule has 0 saturated heterocycles. The molecule has 170 valence electrons. The van der Waals surface area contributed by atoms with Gasteiger partial charge in [0.25, 0.3) is 0 Å². The minimum absolute atomic E-state index is 0.0265. The van der Waals surface area contributed by atoms with Crippen LogP contribution in [0.1, 0.15) is 34.3 Å². The van der Waals surface area contributed by atoms with Gasteiger partial charge in [0.15, 0.2) is 5.16 Å². The first-order valence-corrected chi connectivity index (χ1v) is 13.0. The lowest BCUT2D eigenvalue weighted by Gasteiger charge is -2.13. The van der Waals surface area contributed by atoms with Crippen LogP contribution in [0.2, 0.25) is 0 Å². The summed E-state index contributed by atoms with van der Waals surface area (Å²) >= 11 is 3.17. The molecular formula is C26H28N4OS2. The molecule has 33 heavy (non-hydrogen) atoms. The van der Waals surface area contributed by atoms with Crippen LogP contribution >= 0.6 is 23.1 Å². The number of thioether (sulfide) groups is 1. The van der Waals surface area contributed by atoms with Crippen LogP contribution in [0.3, 0.4) is 0 Å². The summed E-state index contributed by atoms with van der Waals surface area (Å²) in [5, 5.41) is 14.9. The number of amides is 1. The Bertz CT molecular complexity index is 1190. The number of rotatable bonds is 10. The van der Waals surface area contributed by atoms with Gasteiger partial charge in [-0.25, -0.2) is 0 Å². The maximum atomic E-state index is 12.8. The highest BCUT2D eigenvalue weighted by atomic mass is 32.2. The molecule has 4 rings (SSSR count). The van der Waals surface area contributed by atoms with E-state index < -0.39 is 0 Å². The van der Waals surface area contributed by atoms with Crippen molar-refractivity contribution in [2.24, 2.45) is 0 Å². The number of nitrogens with one attached hydrogen (secondary N) is 1. The van der Waals surface area contributed by atoms with Crippen molar-refractivity contribution < 1.29 is 4.79 Å². The molecule has 7 heteroatoms. The van der Waals surface area contributed by atoms with Gasteiger partial charge in [-0.2, -0.15) is 0 Å². The van der Waals surface area contributed by atoms with Crippen molar-refractivity contribution in [2.45, 2.75) is 44.8 Å². The molecule has 0 aliphatic heterocycles. The van der Waals surface area contributed by atoms with E-state index in [1.807, 2.05) is 25.1 Å². The Balaban J connectivity index is 1.47. The van der Waals surface area contributed by atoms with Gasteiger partial charge in [0.05, 0.1) is 5.75 Å². The van der Waals surface area contributed by atoms with Gasteiger partial charge in [0, 0.05) is 23.5 Å². The molecule has 2 aromatic heterocycles. The summed E-state index contributed by atoms with van der Waals surface area (Å²) in [7, 11) is 0. The van der Waals surface area contributed by atoms with Crippen LogP contribution in [0.25, 0.3) is 0 Å². The molecule has 0 radical (unpaired) electrons. The van der Waals surface area contributed by atoms with Crippen LogP contribution in [0, 0.1) is 6.92 Å². The minimum atomic E-state index is -0.0265. The van der Waals surface area contributed by atoms with Crippen molar-refractivity contribution in [3.63, 3.8) is 0 Å².